The van der Waals surface area contributed by atoms with Crippen molar-refractivity contribution < 1.29 is 13.2 Å². The molecule has 1 aliphatic rings. The standard InChI is InChI=1S/C14H12F3N3/c1-6-12(8-4-10(16)11(17)5-9(8)15)19-14(7-2-3-7)20-13(6)18/h4-5,7H,2-3H2,1H3,(H2,18,19,20). The summed E-state index contributed by atoms with van der Waals surface area (Å²) in [7, 11) is 0. The van der Waals surface area contributed by atoms with Crippen LogP contribution >= 0.6 is 0 Å². The molecule has 0 radical (unpaired) electrons. The third kappa shape index (κ3) is 2.11. The quantitative estimate of drug-likeness (QED) is 0.858. The molecule has 0 spiro atoms. The van der Waals surface area contributed by atoms with E-state index in [9.17, 15) is 13.2 Å². The molecule has 0 bridgehead atoms. The van der Waals surface area contributed by atoms with E-state index >= 15 is 0 Å². The van der Waals surface area contributed by atoms with E-state index in [1.807, 2.05) is 0 Å². The topological polar surface area (TPSA) is 51.8 Å². The summed E-state index contributed by atoms with van der Waals surface area (Å²) in [5.41, 5.74) is 6.38. The molecule has 1 heterocycles. The Bertz CT molecular complexity index is 697. The van der Waals surface area contributed by atoms with E-state index in [-0.39, 0.29) is 23.0 Å². The van der Waals surface area contributed by atoms with Crippen LogP contribution in [0.1, 0.15) is 30.1 Å². The van der Waals surface area contributed by atoms with E-state index in [0.717, 1.165) is 18.9 Å². The molecule has 0 atom stereocenters. The van der Waals surface area contributed by atoms with E-state index in [0.29, 0.717) is 17.5 Å². The van der Waals surface area contributed by atoms with Gasteiger partial charge in [-0.25, -0.2) is 23.1 Å². The lowest BCUT2D eigenvalue weighted by Gasteiger charge is -2.11. The predicted molar refractivity (Wildman–Crippen MR) is 68.5 cm³/mol. The lowest BCUT2D eigenvalue weighted by molar-refractivity contribution is 0.496. The summed E-state index contributed by atoms with van der Waals surface area (Å²) in [6, 6.07) is 1.31. The number of benzene rings is 1. The van der Waals surface area contributed by atoms with Crippen LogP contribution in [-0.2, 0) is 0 Å². The second kappa shape index (κ2) is 4.47. The molecule has 0 saturated heterocycles. The van der Waals surface area contributed by atoms with Crippen molar-refractivity contribution >= 4 is 5.82 Å². The van der Waals surface area contributed by atoms with Gasteiger partial charge in [-0.05, 0) is 25.8 Å². The predicted octanol–water partition coefficient (Wildman–Crippen LogP) is 3.33. The Labute approximate surface area is 113 Å². The minimum absolute atomic E-state index is 0.0996. The van der Waals surface area contributed by atoms with Crippen molar-refractivity contribution in [1.29, 1.82) is 0 Å². The number of nitrogens with two attached hydrogens (primary N) is 1. The maximum absolute atomic E-state index is 13.9. The van der Waals surface area contributed by atoms with Gasteiger partial charge in [0, 0.05) is 23.1 Å². The van der Waals surface area contributed by atoms with Crippen LogP contribution in [0.2, 0.25) is 0 Å². The summed E-state index contributed by atoms with van der Waals surface area (Å²) in [5, 5.41) is 0. The van der Waals surface area contributed by atoms with Gasteiger partial charge in [0.25, 0.3) is 0 Å². The van der Waals surface area contributed by atoms with Gasteiger partial charge in [-0.1, -0.05) is 0 Å². The van der Waals surface area contributed by atoms with Gasteiger partial charge >= 0.3 is 0 Å². The Morgan fingerprint density at radius 1 is 1.05 bits per heavy atom. The zero-order valence-electron chi connectivity index (χ0n) is 10.8. The molecule has 0 aliphatic heterocycles. The molecule has 1 aromatic heterocycles. The molecule has 2 aromatic rings. The minimum atomic E-state index is -1.23. The van der Waals surface area contributed by atoms with E-state index in [1.165, 1.54) is 0 Å². The Balaban J connectivity index is 2.20. The molecule has 1 fully saturated rings. The fraction of sp³-hybridized carbons (Fsp3) is 0.286. The van der Waals surface area contributed by atoms with Crippen molar-refractivity contribution in [3.05, 3.63) is 41.0 Å². The van der Waals surface area contributed by atoms with E-state index < -0.39 is 17.5 Å². The molecule has 20 heavy (non-hydrogen) atoms. The third-order valence-electron chi connectivity index (χ3n) is 3.41. The number of anilines is 1. The Morgan fingerprint density at radius 2 is 1.70 bits per heavy atom. The van der Waals surface area contributed by atoms with Gasteiger partial charge in [0.05, 0.1) is 5.69 Å². The maximum atomic E-state index is 13.9. The molecule has 3 rings (SSSR count). The van der Waals surface area contributed by atoms with Crippen molar-refractivity contribution in [2.24, 2.45) is 0 Å². The monoisotopic (exact) mass is 279 g/mol. The van der Waals surface area contributed by atoms with Crippen molar-refractivity contribution in [3.63, 3.8) is 0 Å². The number of hydrogen-bond donors (Lipinski definition) is 1. The van der Waals surface area contributed by atoms with Crippen molar-refractivity contribution in [1.82, 2.24) is 9.97 Å². The molecule has 2 N–H and O–H groups in total. The molecule has 3 nitrogen and oxygen atoms in total. The summed E-state index contributed by atoms with van der Waals surface area (Å²) in [6.07, 6.45) is 1.92. The van der Waals surface area contributed by atoms with Gasteiger partial charge < -0.3 is 5.73 Å². The Morgan fingerprint density at radius 3 is 2.35 bits per heavy atom. The second-order valence-corrected chi connectivity index (χ2v) is 4.96. The molecule has 0 amide bonds. The average molecular weight is 279 g/mol. The first kappa shape index (κ1) is 12.9. The van der Waals surface area contributed by atoms with Crippen LogP contribution in [0.4, 0.5) is 19.0 Å². The summed E-state index contributed by atoms with van der Waals surface area (Å²) in [5.74, 6) is -2.22. The first-order valence-corrected chi connectivity index (χ1v) is 6.26. The van der Waals surface area contributed by atoms with Gasteiger partial charge in [0.2, 0.25) is 0 Å². The highest BCUT2D eigenvalue weighted by Crippen LogP contribution is 2.40. The van der Waals surface area contributed by atoms with Crippen molar-refractivity contribution in [2.45, 2.75) is 25.7 Å². The number of halogens is 3. The number of aromatic nitrogens is 2. The van der Waals surface area contributed by atoms with Gasteiger partial charge in [0.1, 0.15) is 17.5 Å². The molecular weight excluding hydrogens is 267 g/mol. The summed E-state index contributed by atoms with van der Waals surface area (Å²) < 4.78 is 40.2. The molecule has 0 unspecified atom stereocenters. The zero-order chi connectivity index (χ0) is 14.4. The van der Waals surface area contributed by atoms with Crippen LogP contribution in [0, 0.1) is 24.4 Å². The summed E-state index contributed by atoms with van der Waals surface area (Å²) in [6.45, 7) is 1.63. The molecule has 104 valence electrons. The smallest absolute Gasteiger partial charge is 0.161 e. The highest BCUT2D eigenvalue weighted by Gasteiger charge is 2.28. The first-order valence-electron chi connectivity index (χ1n) is 6.26. The maximum Gasteiger partial charge on any atom is 0.161 e. The lowest BCUT2D eigenvalue weighted by Crippen LogP contribution is -2.05. The van der Waals surface area contributed by atoms with Crippen LogP contribution in [0.5, 0.6) is 0 Å². The highest BCUT2D eigenvalue weighted by atomic mass is 19.2. The van der Waals surface area contributed by atoms with Crippen LogP contribution in [0.15, 0.2) is 12.1 Å². The molecule has 1 aliphatic carbocycles. The van der Waals surface area contributed by atoms with E-state index in [2.05, 4.69) is 9.97 Å². The van der Waals surface area contributed by atoms with Gasteiger partial charge in [-0.15, -0.1) is 0 Å². The third-order valence-corrected chi connectivity index (χ3v) is 3.41. The summed E-state index contributed by atoms with van der Waals surface area (Å²) >= 11 is 0. The second-order valence-electron chi connectivity index (χ2n) is 4.96. The lowest BCUT2D eigenvalue weighted by atomic mass is 10.1. The average Bonchev–Trinajstić information content (AvgIpc) is 3.21. The van der Waals surface area contributed by atoms with Crippen LogP contribution in [0.3, 0.4) is 0 Å². The zero-order valence-corrected chi connectivity index (χ0v) is 10.8. The molecule has 1 aromatic carbocycles. The van der Waals surface area contributed by atoms with Gasteiger partial charge in [-0.3, -0.25) is 0 Å². The number of nitrogens with zero attached hydrogens (tertiary/aromatic N) is 2. The minimum Gasteiger partial charge on any atom is -0.383 e. The largest absolute Gasteiger partial charge is 0.383 e. The molecule has 6 heteroatoms. The number of hydrogen-bond acceptors (Lipinski definition) is 3. The van der Waals surface area contributed by atoms with Crippen LogP contribution in [-0.4, -0.2) is 9.97 Å². The summed E-state index contributed by atoms with van der Waals surface area (Å²) in [4.78, 5) is 8.44. The Kier molecular flexibility index (Phi) is 2.88. The van der Waals surface area contributed by atoms with E-state index in [1.54, 1.807) is 6.92 Å². The molecular formula is C14H12F3N3. The number of rotatable bonds is 2. The Hall–Kier alpha value is -2.11. The van der Waals surface area contributed by atoms with Crippen molar-refractivity contribution in [2.75, 3.05) is 5.73 Å². The fourth-order valence-electron chi connectivity index (χ4n) is 2.04. The van der Waals surface area contributed by atoms with Crippen LogP contribution < -0.4 is 5.73 Å². The number of nitrogen functional groups attached to an aromatic ring is 1. The fourth-order valence-corrected chi connectivity index (χ4v) is 2.04. The normalized spacial score (nSPS) is 14.6. The van der Waals surface area contributed by atoms with Gasteiger partial charge in [-0.2, -0.15) is 0 Å². The van der Waals surface area contributed by atoms with Crippen LogP contribution in [0.25, 0.3) is 11.3 Å². The van der Waals surface area contributed by atoms with E-state index in [4.69, 9.17) is 5.73 Å². The molecule has 1 saturated carbocycles. The SMILES string of the molecule is Cc1c(N)nc(C2CC2)nc1-c1cc(F)c(F)cc1F. The van der Waals surface area contributed by atoms with Gasteiger partial charge in [0.15, 0.2) is 11.6 Å². The van der Waals surface area contributed by atoms with Crippen molar-refractivity contribution in [3.8, 4) is 11.3 Å². The highest BCUT2D eigenvalue weighted by molar-refractivity contribution is 5.68. The first-order chi connectivity index (χ1) is 9.47.